The summed E-state index contributed by atoms with van der Waals surface area (Å²) in [7, 11) is 1.78. The molecule has 0 bridgehead atoms. The first-order valence-corrected chi connectivity index (χ1v) is 10.9. The third-order valence-corrected chi connectivity index (χ3v) is 7.30. The molecule has 7 heteroatoms. The van der Waals surface area contributed by atoms with Crippen LogP contribution < -0.4 is 5.32 Å². The lowest BCUT2D eigenvalue weighted by atomic mass is 9.82. The van der Waals surface area contributed by atoms with E-state index in [1.54, 1.807) is 23.3 Å². The number of nitrogens with zero attached hydrogens (tertiary/aromatic N) is 2. The number of rotatable bonds is 4. The standard InChI is InChI=1S/C20H29N3O3S/c1-3-7-23-8-5-20(6-9-23)15-12-17(27-16(15)4-10-26-20)19(25)21-14-11-18(24)22(2)13-14/h12,14H,3-11,13H2,1-2H3,(H,21,25). The van der Waals surface area contributed by atoms with E-state index in [0.29, 0.717) is 13.0 Å². The number of piperidine rings is 1. The number of carbonyl (C=O) groups excluding carboxylic acids is 2. The molecule has 4 rings (SSSR count). The van der Waals surface area contributed by atoms with E-state index < -0.39 is 0 Å². The Bertz CT molecular complexity index is 724. The van der Waals surface area contributed by atoms with Crippen LogP contribution in [-0.2, 0) is 21.6 Å². The van der Waals surface area contributed by atoms with Crippen molar-refractivity contribution in [3.8, 4) is 0 Å². The topological polar surface area (TPSA) is 61.9 Å². The fourth-order valence-electron chi connectivity index (χ4n) is 4.61. The number of likely N-dealkylation sites (tertiary alicyclic amines) is 2. The molecular formula is C20H29N3O3S. The Morgan fingerprint density at radius 2 is 2.19 bits per heavy atom. The lowest BCUT2D eigenvalue weighted by Gasteiger charge is -2.44. The summed E-state index contributed by atoms with van der Waals surface area (Å²) in [6.45, 7) is 6.82. The van der Waals surface area contributed by atoms with Gasteiger partial charge in [0.1, 0.15) is 0 Å². The highest BCUT2D eigenvalue weighted by atomic mass is 32.1. The molecule has 0 radical (unpaired) electrons. The number of nitrogens with one attached hydrogen (secondary N) is 1. The molecule has 2 saturated heterocycles. The van der Waals surface area contributed by atoms with Gasteiger partial charge in [-0.3, -0.25) is 9.59 Å². The van der Waals surface area contributed by atoms with Crippen molar-refractivity contribution in [1.29, 1.82) is 0 Å². The van der Waals surface area contributed by atoms with Crippen molar-refractivity contribution in [2.24, 2.45) is 0 Å². The summed E-state index contributed by atoms with van der Waals surface area (Å²) < 4.78 is 6.31. The monoisotopic (exact) mass is 391 g/mol. The van der Waals surface area contributed by atoms with Crippen molar-refractivity contribution >= 4 is 23.2 Å². The Morgan fingerprint density at radius 3 is 2.85 bits per heavy atom. The van der Waals surface area contributed by atoms with Crippen molar-refractivity contribution in [2.45, 2.75) is 50.7 Å². The molecule has 0 saturated carbocycles. The Balaban J connectivity index is 1.48. The molecule has 3 aliphatic rings. The fraction of sp³-hybridized carbons (Fsp3) is 0.700. The lowest BCUT2D eigenvalue weighted by Crippen LogP contribution is -2.46. The summed E-state index contributed by atoms with van der Waals surface area (Å²) in [4.78, 5) is 30.7. The highest BCUT2D eigenvalue weighted by Gasteiger charge is 2.42. The largest absolute Gasteiger partial charge is 0.370 e. The van der Waals surface area contributed by atoms with Gasteiger partial charge >= 0.3 is 0 Å². The summed E-state index contributed by atoms with van der Waals surface area (Å²) in [5.41, 5.74) is 1.02. The summed E-state index contributed by atoms with van der Waals surface area (Å²) >= 11 is 1.60. The van der Waals surface area contributed by atoms with Gasteiger partial charge in [-0.15, -0.1) is 11.3 Å². The zero-order chi connectivity index (χ0) is 19.0. The molecule has 2 amide bonds. The molecule has 1 spiro atoms. The molecule has 6 nitrogen and oxygen atoms in total. The number of likely N-dealkylation sites (N-methyl/N-ethyl adjacent to an activating group) is 1. The Kier molecular flexibility index (Phi) is 5.27. The normalized spacial score (nSPS) is 25.0. The van der Waals surface area contributed by atoms with Gasteiger partial charge in [-0.1, -0.05) is 6.92 Å². The van der Waals surface area contributed by atoms with Crippen molar-refractivity contribution in [3.05, 3.63) is 21.4 Å². The van der Waals surface area contributed by atoms with Crippen LogP contribution in [0.3, 0.4) is 0 Å². The highest BCUT2D eigenvalue weighted by Crippen LogP contribution is 2.44. The predicted octanol–water partition coefficient (Wildman–Crippen LogP) is 1.98. The minimum Gasteiger partial charge on any atom is -0.370 e. The first kappa shape index (κ1) is 18.9. The number of thiophene rings is 1. The number of fused-ring (bicyclic) bond motifs is 2. The number of amides is 2. The van der Waals surface area contributed by atoms with Crippen molar-refractivity contribution < 1.29 is 14.3 Å². The van der Waals surface area contributed by atoms with E-state index in [2.05, 4.69) is 23.2 Å². The Hall–Kier alpha value is -1.44. The highest BCUT2D eigenvalue weighted by molar-refractivity contribution is 7.14. The van der Waals surface area contributed by atoms with E-state index in [-0.39, 0.29) is 23.5 Å². The molecule has 1 N–H and O–H groups in total. The fourth-order valence-corrected chi connectivity index (χ4v) is 5.75. The van der Waals surface area contributed by atoms with Gasteiger partial charge in [0.05, 0.1) is 23.1 Å². The quantitative estimate of drug-likeness (QED) is 0.853. The van der Waals surface area contributed by atoms with Gasteiger partial charge in [0.25, 0.3) is 5.91 Å². The smallest absolute Gasteiger partial charge is 0.261 e. The summed E-state index contributed by atoms with van der Waals surface area (Å²) in [5.74, 6) is 0.0398. The summed E-state index contributed by atoms with van der Waals surface area (Å²) in [5, 5.41) is 3.04. The summed E-state index contributed by atoms with van der Waals surface area (Å²) in [6.07, 6.45) is 4.46. The maximum atomic E-state index is 12.8. The Labute approximate surface area is 164 Å². The average molecular weight is 392 g/mol. The van der Waals surface area contributed by atoms with Crippen LogP contribution in [0.15, 0.2) is 6.07 Å². The van der Waals surface area contributed by atoms with Crippen LogP contribution in [0.5, 0.6) is 0 Å². The number of ether oxygens (including phenoxy) is 1. The van der Waals surface area contributed by atoms with Crippen molar-refractivity contribution in [3.63, 3.8) is 0 Å². The maximum Gasteiger partial charge on any atom is 0.261 e. The van der Waals surface area contributed by atoms with E-state index in [4.69, 9.17) is 4.74 Å². The maximum absolute atomic E-state index is 12.8. The molecule has 3 aliphatic heterocycles. The van der Waals surface area contributed by atoms with Gasteiger partial charge in [0, 0.05) is 44.4 Å². The first-order chi connectivity index (χ1) is 13.0. The molecule has 4 heterocycles. The van der Waals surface area contributed by atoms with Crippen LogP contribution in [0, 0.1) is 0 Å². The van der Waals surface area contributed by atoms with E-state index in [1.165, 1.54) is 16.9 Å². The third kappa shape index (κ3) is 3.65. The van der Waals surface area contributed by atoms with Crippen LogP contribution >= 0.6 is 11.3 Å². The number of carbonyl (C=O) groups is 2. The van der Waals surface area contributed by atoms with Gasteiger partial charge < -0.3 is 19.9 Å². The Morgan fingerprint density at radius 1 is 1.41 bits per heavy atom. The molecule has 2 fully saturated rings. The van der Waals surface area contributed by atoms with Gasteiger partial charge in [-0.25, -0.2) is 0 Å². The molecule has 1 atom stereocenters. The predicted molar refractivity (Wildman–Crippen MR) is 105 cm³/mol. The minimum absolute atomic E-state index is 0.0546. The third-order valence-electron chi connectivity index (χ3n) is 6.11. The summed E-state index contributed by atoms with van der Waals surface area (Å²) in [6, 6.07) is 1.97. The molecule has 0 aromatic carbocycles. The average Bonchev–Trinajstić information content (AvgIpc) is 3.22. The van der Waals surface area contributed by atoms with E-state index in [9.17, 15) is 9.59 Å². The van der Waals surface area contributed by atoms with E-state index >= 15 is 0 Å². The van der Waals surface area contributed by atoms with E-state index in [1.807, 2.05) is 0 Å². The zero-order valence-electron chi connectivity index (χ0n) is 16.3. The second-order valence-electron chi connectivity index (χ2n) is 8.03. The molecule has 1 unspecified atom stereocenters. The zero-order valence-corrected chi connectivity index (χ0v) is 17.1. The second-order valence-corrected chi connectivity index (χ2v) is 9.17. The molecule has 1 aromatic rings. The first-order valence-electron chi connectivity index (χ1n) is 10.0. The van der Waals surface area contributed by atoms with Crippen LogP contribution in [0.2, 0.25) is 0 Å². The molecule has 148 valence electrons. The van der Waals surface area contributed by atoms with Crippen LogP contribution in [-0.4, -0.2) is 67.5 Å². The van der Waals surface area contributed by atoms with Crippen LogP contribution in [0.4, 0.5) is 0 Å². The van der Waals surface area contributed by atoms with Crippen molar-refractivity contribution in [1.82, 2.24) is 15.1 Å². The number of hydrogen-bond donors (Lipinski definition) is 1. The molecule has 1 aromatic heterocycles. The minimum atomic E-state index is -0.212. The SMILES string of the molecule is CCCN1CCC2(CC1)OCCc1sc(C(=O)NC3CC(=O)N(C)C3)cc12. The second kappa shape index (κ2) is 7.53. The van der Waals surface area contributed by atoms with Crippen molar-refractivity contribution in [2.75, 3.05) is 39.8 Å². The van der Waals surface area contributed by atoms with Crippen LogP contribution in [0.25, 0.3) is 0 Å². The van der Waals surface area contributed by atoms with Gasteiger partial charge in [0.2, 0.25) is 5.91 Å². The van der Waals surface area contributed by atoms with Crippen LogP contribution in [0.1, 0.15) is 52.7 Å². The van der Waals surface area contributed by atoms with Gasteiger partial charge in [-0.05, 0) is 37.4 Å². The van der Waals surface area contributed by atoms with Gasteiger partial charge in [-0.2, -0.15) is 0 Å². The molecular weight excluding hydrogens is 362 g/mol. The van der Waals surface area contributed by atoms with Gasteiger partial charge in [0.15, 0.2) is 0 Å². The molecule has 0 aliphatic carbocycles. The number of hydrogen-bond acceptors (Lipinski definition) is 5. The van der Waals surface area contributed by atoms with E-state index in [0.717, 1.165) is 50.4 Å². The lowest BCUT2D eigenvalue weighted by molar-refractivity contribution is -0.126. The molecule has 27 heavy (non-hydrogen) atoms.